The van der Waals surface area contributed by atoms with E-state index < -0.39 is 0 Å². The fourth-order valence-electron chi connectivity index (χ4n) is 1.19. The van der Waals surface area contributed by atoms with Gasteiger partial charge in [0.05, 0.1) is 0 Å². The summed E-state index contributed by atoms with van der Waals surface area (Å²) >= 11 is 5.56. The van der Waals surface area contributed by atoms with E-state index in [2.05, 4.69) is 31.2 Å². The molecular weight excluding hydrogens is 168 g/mol. The number of allylic oxidation sites excluding steroid dienone is 1. The van der Waals surface area contributed by atoms with Gasteiger partial charge in [0.25, 0.3) is 0 Å². The molecule has 64 valence electrons. The van der Waals surface area contributed by atoms with Gasteiger partial charge in [-0.1, -0.05) is 43.3 Å². The summed E-state index contributed by atoms with van der Waals surface area (Å²) in [4.78, 5) is 0. The summed E-state index contributed by atoms with van der Waals surface area (Å²) in [6.07, 6.45) is 5.12. The number of alkyl halides is 1. The van der Waals surface area contributed by atoms with Crippen LogP contribution in [0, 0.1) is 0 Å². The number of hydrogen-bond donors (Lipinski definition) is 0. The van der Waals surface area contributed by atoms with Crippen LogP contribution in [0.25, 0.3) is 6.08 Å². The van der Waals surface area contributed by atoms with Crippen molar-refractivity contribution in [2.24, 2.45) is 0 Å². The third-order valence-electron chi connectivity index (χ3n) is 1.82. The second kappa shape index (κ2) is 5.00. The van der Waals surface area contributed by atoms with Crippen molar-refractivity contribution in [1.82, 2.24) is 0 Å². The van der Waals surface area contributed by atoms with E-state index in [1.807, 2.05) is 12.1 Å². The van der Waals surface area contributed by atoms with Gasteiger partial charge < -0.3 is 0 Å². The van der Waals surface area contributed by atoms with Gasteiger partial charge >= 0.3 is 0 Å². The maximum atomic E-state index is 5.56. The monoisotopic (exact) mass is 180 g/mol. The van der Waals surface area contributed by atoms with Crippen LogP contribution in [0.15, 0.2) is 30.3 Å². The van der Waals surface area contributed by atoms with Crippen LogP contribution in [-0.2, 0) is 6.42 Å². The molecule has 1 heteroatoms. The highest BCUT2D eigenvalue weighted by molar-refractivity contribution is 6.19. The van der Waals surface area contributed by atoms with Gasteiger partial charge in [0.15, 0.2) is 0 Å². The van der Waals surface area contributed by atoms with Crippen molar-refractivity contribution in [2.75, 3.05) is 5.88 Å². The minimum absolute atomic E-state index is 0.581. The van der Waals surface area contributed by atoms with Crippen molar-refractivity contribution < 1.29 is 0 Å². The van der Waals surface area contributed by atoms with Gasteiger partial charge in [0.2, 0.25) is 0 Å². The Hall–Kier alpha value is -0.750. The standard InChI is InChI=1S/C11H13Cl/c1-2-10-6-3-4-7-11(10)8-5-9-12/h3-8H,2,9H2,1H3. The zero-order chi connectivity index (χ0) is 8.81. The zero-order valence-electron chi connectivity index (χ0n) is 7.26. The molecule has 0 spiro atoms. The Kier molecular flexibility index (Phi) is 3.89. The lowest BCUT2D eigenvalue weighted by atomic mass is 10.1. The maximum absolute atomic E-state index is 5.56. The highest BCUT2D eigenvalue weighted by Gasteiger charge is 1.93. The van der Waals surface area contributed by atoms with E-state index in [4.69, 9.17) is 11.6 Å². The summed E-state index contributed by atoms with van der Waals surface area (Å²) in [6, 6.07) is 8.37. The van der Waals surface area contributed by atoms with Crippen LogP contribution in [0.4, 0.5) is 0 Å². The second-order valence-electron chi connectivity index (χ2n) is 2.61. The normalized spacial score (nSPS) is 10.8. The van der Waals surface area contributed by atoms with Crippen molar-refractivity contribution in [3.8, 4) is 0 Å². The first-order valence-electron chi connectivity index (χ1n) is 4.19. The highest BCUT2D eigenvalue weighted by Crippen LogP contribution is 2.10. The SMILES string of the molecule is CCc1ccccc1C=CCCl. The molecule has 0 nitrogen and oxygen atoms in total. The van der Waals surface area contributed by atoms with Crippen molar-refractivity contribution in [3.63, 3.8) is 0 Å². The van der Waals surface area contributed by atoms with Gasteiger partial charge in [-0.25, -0.2) is 0 Å². The molecule has 1 rings (SSSR count). The van der Waals surface area contributed by atoms with E-state index >= 15 is 0 Å². The number of hydrogen-bond acceptors (Lipinski definition) is 0. The molecule has 0 amide bonds. The third-order valence-corrected chi connectivity index (χ3v) is 2.00. The maximum Gasteiger partial charge on any atom is 0.0407 e. The lowest BCUT2D eigenvalue weighted by Gasteiger charge is -2.00. The molecule has 0 bridgehead atoms. The average molecular weight is 181 g/mol. The second-order valence-corrected chi connectivity index (χ2v) is 2.92. The average Bonchev–Trinajstić information content (AvgIpc) is 2.15. The van der Waals surface area contributed by atoms with Gasteiger partial charge in [0, 0.05) is 5.88 Å². The molecule has 0 radical (unpaired) electrons. The van der Waals surface area contributed by atoms with Gasteiger partial charge in [0.1, 0.15) is 0 Å². The summed E-state index contributed by atoms with van der Waals surface area (Å²) in [5, 5.41) is 0. The van der Waals surface area contributed by atoms with Gasteiger partial charge in [-0.15, -0.1) is 11.6 Å². The van der Waals surface area contributed by atoms with Crippen LogP contribution < -0.4 is 0 Å². The van der Waals surface area contributed by atoms with Crippen LogP contribution >= 0.6 is 11.6 Å². The molecule has 12 heavy (non-hydrogen) atoms. The molecule has 0 unspecified atom stereocenters. The smallest absolute Gasteiger partial charge is 0.0407 e. The van der Waals surface area contributed by atoms with Crippen LogP contribution in [-0.4, -0.2) is 5.88 Å². The minimum Gasteiger partial charge on any atom is -0.122 e. The molecule has 1 aromatic rings. The molecular formula is C11H13Cl. The van der Waals surface area contributed by atoms with E-state index in [-0.39, 0.29) is 0 Å². The number of aryl methyl sites for hydroxylation is 1. The first-order chi connectivity index (χ1) is 5.88. The molecule has 0 atom stereocenters. The highest BCUT2D eigenvalue weighted by atomic mass is 35.5. The summed E-state index contributed by atoms with van der Waals surface area (Å²) in [5.41, 5.74) is 2.65. The zero-order valence-corrected chi connectivity index (χ0v) is 8.01. The quantitative estimate of drug-likeness (QED) is 0.625. The Balaban J connectivity index is 2.89. The van der Waals surface area contributed by atoms with Crippen molar-refractivity contribution in [2.45, 2.75) is 13.3 Å². The molecule has 0 aliphatic rings. The molecule has 0 saturated heterocycles. The van der Waals surface area contributed by atoms with E-state index in [1.165, 1.54) is 11.1 Å². The number of rotatable bonds is 3. The van der Waals surface area contributed by atoms with Crippen molar-refractivity contribution >= 4 is 17.7 Å². The third kappa shape index (κ3) is 2.38. The Morgan fingerprint density at radius 2 is 2.08 bits per heavy atom. The van der Waals surface area contributed by atoms with Crippen LogP contribution in [0.5, 0.6) is 0 Å². The first kappa shape index (κ1) is 9.34. The van der Waals surface area contributed by atoms with E-state index in [9.17, 15) is 0 Å². The molecule has 0 aromatic heterocycles. The Bertz CT molecular complexity index is 263. The predicted molar refractivity (Wildman–Crippen MR) is 55.6 cm³/mol. The van der Waals surface area contributed by atoms with Gasteiger partial charge in [-0.05, 0) is 17.5 Å². The summed E-state index contributed by atoms with van der Waals surface area (Å²) in [5.74, 6) is 0.581. The number of halogens is 1. The minimum atomic E-state index is 0.581. The Morgan fingerprint density at radius 3 is 2.75 bits per heavy atom. The van der Waals surface area contributed by atoms with Crippen LogP contribution in [0.3, 0.4) is 0 Å². The molecule has 0 N–H and O–H groups in total. The summed E-state index contributed by atoms with van der Waals surface area (Å²) in [6.45, 7) is 2.16. The molecule has 1 aromatic carbocycles. The lowest BCUT2D eigenvalue weighted by molar-refractivity contribution is 1.13. The predicted octanol–water partition coefficient (Wildman–Crippen LogP) is 3.50. The molecule has 0 fully saturated rings. The molecule has 0 heterocycles. The molecule has 0 saturated carbocycles. The Morgan fingerprint density at radius 1 is 1.33 bits per heavy atom. The first-order valence-corrected chi connectivity index (χ1v) is 4.72. The van der Waals surface area contributed by atoms with Crippen molar-refractivity contribution in [1.29, 1.82) is 0 Å². The lowest BCUT2D eigenvalue weighted by Crippen LogP contribution is -1.84. The fraction of sp³-hybridized carbons (Fsp3) is 0.273. The van der Waals surface area contributed by atoms with Crippen LogP contribution in [0.2, 0.25) is 0 Å². The molecule has 0 aliphatic carbocycles. The number of benzene rings is 1. The van der Waals surface area contributed by atoms with Gasteiger partial charge in [-0.2, -0.15) is 0 Å². The van der Waals surface area contributed by atoms with Gasteiger partial charge in [-0.3, -0.25) is 0 Å². The van der Waals surface area contributed by atoms with Crippen LogP contribution in [0.1, 0.15) is 18.1 Å². The van der Waals surface area contributed by atoms with E-state index in [0.29, 0.717) is 5.88 Å². The largest absolute Gasteiger partial charge is 0.122 e. The fourth-order valence-corrected chi connectivity index (χ4v) is 1.28. The summed E-state index contributed by atoms with van der Waals surface area (Å²) in [7, 11) is 0. The molecule has 0 aliphatic heterocycles. The topological polar surface area (TPSA) is 0 Å². The van der Waals surface area contributed by atoms with E-state index in [1.54, 1.807) is 0 Å². The Labute approximate surface area is 78.9 Å². The van der Waals surface area contributed by atoms with E-state index in [0.717, 1.165) is 6.42 Å². The van der Waals surface area contributed by atoms with Crippen molar-refractivity contribution in [3.05, 3.63) is 41.5 Å². The summed E-state index contributed by atoms with van der Waals surface area (Å²) < 4.78 is 0.